The molecule has 0 saturated heterocycles. The minimum Gasteiger partial charge on any atom is -0.443 e. The fraction of sp³-hybridized carbons (Fsp3) is 0.750. The van der Waals surface area contributed by atoms with Crippen molar-refractivity contribution in [1.29, 1.82) is 0 Å². The molecule has 21 heavy (non-hydrogen) atoms. The van der Waals surface area contributed by atoms with Gasteiger partial charge in [0.15, 0.2) is 5.96 Å². The van der Waals surface area contributed by atoms with Gasteiger partial charge in [0.2, 0.25) is 5.89 Å². The molecule has 1 aromatic heterocycles. The van der Waals surface area contributed by atoms with E-state index in [-0.39, 0.29) is 5.41 Å². The minimum absolute atomic E-state index is 0.0119. The van der Waals surface area contributed by atoms with Crippen LogP contribution in [0.3, 0.4) is 0 Å². The number of rotatable bonds is 6. The Labute approximate surface area is 127 Å². The van der Waals surface area contributed by atoms with Crippen molar-refractivity contribution in [2.24, 2.45) is 10.9 Å². The Morgan fingerprint density at radius 1 is 1.38 bits per heavy atom. The van der Waals surface area contributed by atoms with E-state index >= 15 is 0 Å². The van der Waals surface area contributed by atoms with Crippen LogP contribution in [0.2, 0.25) is 0 Å². The van der Waals surface area contributed by atoms with Gasteiger partial charge in [-0.05, 0) is 19.3 Å². The summed E-state index contributed by atoms with van der Waals surface area (Å²) in [5, 5.41) is 6.62. The first-order valence-corrected chi connectivity index (χ1v) is 7.96. The predicted molar refractivity (Wildman–Crippen MR) is 85.4 cm³/mol. The molecule has 0 atom stereocenters. The second kappa shape index (κ2) is 6.96. The van der Waals surface area contributed by atoms with Gasteiger partial charge >= 0.3 is 0 Å². The third kappa shape index (κ3) is 5.40. The van der Waals surface area contributed by atoms with E-state index in [2.05, 4.69) is 48.3 Å². The van der Waals surface area contributed by atoms with Crippen LogP contribution >= 0.6 is 0 Å². The SMILES string of the molecule is CCNC(=NCc1ncc(C(C)(C)C)o1)NCCC1CC1. The van der Waals surface area contributed by atoms with Crippen LogP contribution in [0.15, 0.2) is 15.6 Å². The maximum absolute atomic E-state index is 5.76. The summed E-state index contributed by atoms with van der Waals surface area (Å²) in [7, 11) is 0. The third-order valence-corrected chi connectivity index (χ3v) is 3.55. The van der Waals surface area contributed by atoms with Crippen molar-refractivity contribution < 1.29 is 4.42 Å². The zero-order chi connectivity index (χ0) is 15.3. The highest BCUT2D eigenvalue weighted by Crippen LogP contribution is 2.31. The summed E-state index contributed by atoms with van der Waals surface area (Å²) in [6, 6.07) is 0. The molecule has 0 amide bonds. The second-order valence-electron chi connectivity index (χ2n) is 6.72. The molecular weight excluding hydrogens is 264 g/mol. The summed E-state index contributed by atoms with van der Waals surface area (Å²) < 4.78 is 5.76. The molecular formula is C16H28N4O. The number of oxazole rings is 1. The highest BCUT2D eigenvalue weighted by Gasteiger charge is 2.20. The van der Waals surface area contributed by atoms with Gasteiger partial charge in [-0.3, -0.25) is 0 Å². The van der Waals surface area contributed by atoms with Gasteiger partial charge in [0, 0.05) is 18.5 Å². The Bertz CT molecular complexity index is 469. The summed E-state index contributed by atoms with van der Waals surface area (Å²) in [6.07, 6.45) is 5.82. The monoisotopic (exact) mass is 292 g/mol. The Hall–Kier alpha value is -1.52. The van der Waals surface area contributed by atoms with Gasteiger partial charge < -0.3 is 15.1 Å². The largest absolute Gasteiger partial charge is 0.443 e. The number of nitrogens with zero attached hydrogens (tertiary/aromatic N) is 2. The molecule has 1 aromatic rings. The van der Waals surface area contributed by atoms with Crippen molar-refractivity contribution in [3.63, 3.8) is 0 Å². The normalized spacial score (nSPS) is 16.1. The van der Waals surface area contributed by atoms with Crippen LogP contribution in [0.4, 0.5) is 0 Å². The summed E-state index contributed by atoms with van der Waals surface area (Å²) in [4.78, 5) is 8.84. The van der Waals surface area contributed by atoms with Crippen molar-refractivity contribution in [3.05, 3.63) is 17.8 Å². The average molecular weight is 292 g/mol. The molecule has 1 fully saturated rings. The minimum atomic E-state index is -0.0119. The molecule has 1 heterocycles. The molecule has 0 unspecified atom stereocenters. The first-order valence-electron chi connectivity index (χ1n) is 7.96. The smallest absolute Gasteiger partial charge is 0.216 e. The Balaban J connectivity index is 1.86. The van der Waals surface area contributed by atoms with Crippen LogP contribution in [-0.2, 0) is 12.0 Å². The van der Waals surface area contributed by atoms with Crippen LogP contribution in [0.5, 0.6) is 0 Å². The van der Waals surface area contributed by atoms with Gasteiger partial charge in [0.05, 0.1) is 6.20 Å². The lowest BCUT2D eigenvalue weighted by molar-refractivity contribution is 0.383. The molecule has 0 radical (unpaired) electrons. The van der Waals surface area contributed by atoms with Crippen LogP contribution in [-0.4, -0.2) is 24.0 Å². The van der Waals surface area contributed by atoms with Crippen LogP contribution in [0.1, 0.15) is 58.6 Å². The number of aromatic nitrogens is 1. The van der Waals surface area contributed by atoms with E-state index in [1.54, 1.807) is 6.20 Å². The molecule has 1 saturated carbocycles. The zero-order valence-electron chi connectivity index (χ0n) is 13.7. The standard InChI is InChI=1S/C16H28N4O/c1-5-17-15(18-9-8-12-6-7-12)20-11-14-19-10-13(21-14)16(2,3)4/h10,12H,5-9,11H2,1-4H3,(H2,17,18,20). The Kier molecular flexibility index (Phi) is 5.26. The first-order chi connectivity index (χ1) is 9.99. The van der Waals surface area contributed by atoms with Gasteiger partial charge in [-0.2, -0.15) is 0 Å². The number of nitrogens with one attached hydrogen (secondary N) is 2. The van der Waals surface area contributed by atoms with E-state index in [1.807, 2.05) is 0 Å². The summed E-state index contributed by atoms with van der Waals surface area (Å²) >= 11 is 0. The number of hydrogen-bond acceptors (Lipinski definition) is 3. The van der Waals surface area contributed by atoms with Gasteiger partial charge in [0.1, 0.15) is 12.3 Å². The van der Waals surface area contributed by atoms with Crippen LogP contribution < -0.4 is 10.6 Å². The van der Waals surface area contributed by atoms with E-state index in [0.29, 0.717) is 12.4 Å². The average Bonchev–Trinajstić information content (AvgIpc) is 3.10. The molecule has 2 rings (SSSR count). The van der Waals surface area contributed by atoms with Crippen molar-refractivity contribution in [2.45, 2.75) is 58.9 Å². The molecule has 1 aliphatic carbocycles. The molecule has 0 aliphatic heterocycles. The Morgan fingerprint density at radius 2 is 2.14 bits per heavy atom. The summed E-state index contributed by atoms with van der Waals surface area (Å²) in [5.41, 5.74) is -0.0119. The molecule has 0 aromatic carbocycles. The molecule has 5 heteroatoms. The highest BCUT2D eigenvalue weighted by atomic mass is 16.4. The second-order valence-corrected chi connectivity index (χ2v) is 6.72. The van der Waals surface area contributed by atoms with Crippen LogP contribution in [0.25, 0.3) is 0 Å². The zero-order valence-corrected chi connectivity index (χ0v) is 13.7. The Morgan fingerprint density at radius 3 is 2.71 bits per heavy atom. The maximum Gasteiger partial charge on any atom is 0.216 e. The molecule has 0 spiro atoms. The number of guanidine groups is 1. The highest BCUT2D eigenvalue weighted by molar-refractivity contribution is 5.79. The maximum atomic E-state index is 5.76. The van der Waals surface area contributed by atoms with E-state index in [9.17, 15) is 0 Å². The van der Waals surface area contributed by atoms with E-state index in [0.717, 1.165) is 30.7 Å². The lowest BCUT2D eigenvalue weighted by atomic mass is 9.94. The van der Waals surface area contributed by atoms with Crippen molar-refractivity contribution in [3.8, 4) is 0 Å². The van der Waals surface area contributed by atoms with Gasteiger partial charge in [-0.25, -0.2) is 9.98 Å². The lowest BCUT2D eigenvalue weighted by Gasteiger charge is -2.13. The fourth-order valence-corrected chi connectivity index (χ4v) is 2.02. The fourth-order valence-electron chi connectivity index (χ4n) is 2.02. The van der Waals surface area contributed by atoms with E-state index in [4.69, 9.17) is 4.42 Å². The van der Waals surface area contributed by atoms with Gasteiger partial charge in [-0.15, -0.1) is 0 Å². The van der Waals surface area contributed by atoms with Crippen LogP contribution in [0, 0.1) is 5.92 Å². The van der Waals surface area contributed by atoms with E-state index in [1.165, 1.54) is 19.3 Å². The molecule has 2 N–H and O–H groups in total. The van der Waals surface area contributed by atoms with E-state index < -0.39 is 0 Å². The molecule has 5 nitrogen and oxygen atoms in total. The van der Waals surface area contributed by atoms with Gasteiger partial charge in [0.25, 0.3) is 0 Å². The summed E-state index contributed by atoms with van der Waals surface area (Å²) in [6.45, 7) is 10.7. The van der Waals surface area contributed by atoms with Crippen molar-refractivity contribution >= 4 is 5.96 Å². The number of aliphatic imine (C=N–C) groups is 1. The topological polar surface area (TPSA) is 62.5 Å². The van der Waals surface area contributed by atoms with Crippen molar-refractivity contribution in [1.82, 2.24) is 15.6 Å². The van der Waals surface area contributed by atoms with Gasteiger partial charge in [-0.1, -0.05) is 33.6 Å². The third-order valence-electron chi connectivity index (χ3n) is 3.55. The predicted octanol–water partition coefficient (Wildman–Crippen LogP) is 2.83. The number of hydrogen-bond donors (Lipinski definition) is 2. The quantitative estimate of drug-likeness (QED) is 0.625. The lowest BCUT2D eigenvalue weighted by Crippen LogP contribution is -2.37. The summed E-state index contributed by atoms with van der Waals surface area (Å²) in [5.74, 6) is 3.34. The molecule has 0 bridgehead atoms. The van der Waals surface area contributed by atoms with Crippen molar-refractivity contribution in [2.75, 3.05) is 13.1 Å². The molecule has 118 valence electrons. The first kappa shape index (κ1) is 15.9. The molecule has 1 aliphatic rings.